The van der Waals surface area contributed by atoms with Crippen LogP contribution < -0.4 is 5.32 Å². The lowest BCUT2D eigenvalue weighted by atomic mass is 9.98. The maximum absolute atomic E-state index is 4.37. The van der Waals surface area contributed by atoms with Crippen molar-refractivity contribution in [3.63, 3.8) is 0 Å². The van der Waals surface area contributed by atoms with Crippen molar-refractivity contribution in [2.75, 3.05) is 6.54 Å². The molecule has 0 aromatic carbocycles. The predicted octanol–water partition coefficient (Wildman–Crippen LogP) is 2.43. The van der Waals surface area contributed by atoms with Crippen molar-refractivity contribution >= 4 is 5.52 Å². The van der Waals surface area contributed by atoms with Gasteiger partial charge in [0.15, 0.2) is 0 Å². The molecule has 0 amide bonds. The molecule has 4 nitrogen and oxygen atoms in total. The van der Waals surface area contributed by atoms with E-state index >= 15 is 0 Å². The highest BCUT2D eigenvalue weighted by atomic mass is 15.2. The second kappa shape index (κ2) is 5.27. The summed E-state index contributed by atoms with van der Waals surface area (Å²) in [6, 6.07) is 0.363. The molecule has 92 valence electrons. The van der Waals surface area contributed by atoms with Crippen LogP contribution in [0.15, 0.2) is 24.8 Å². The van der Waals surface area contributed by atoms with E-state index in [0.717, 1.165) is 18.5 Å². The van der Waals surface area contributed by atoms with E-state index in [9.17, 15) is 0 Å². The van der Waals surface area contributed by atoms with Crippen molar-refractivity contribution in [2.24, 2.45) is 5.92 Å². The van der Waals surface area contributed by atoms with Crippen molar-refractivity contribution in [1.82, 2.24) is 19.9 Å². The van der Waals surface area contributed by atoms with Gasteiger partial charge in [0.2, 0.25) is 0 Å². The van der Waals surface area contributed by atoms with Gasteiger partial charge in [-0.2, -0.15) is 5.10 Å². The van der Waals surface area contributed by atoms with E-state index in [1.54, 1.807) is 6.20 Å². The first-order valence-electron chi connectivity index (χ1n) is 6.23. The third kappa shape index (κ3) is 2.64. The Morgan fingerprint density at radius 2 is 2.18 bits per heavy atom. The van der Waals surface area contributed by atoms with Gasteiger partial charge in [-0.1, -0.05) is 20.8 Å². The molecular weight excluding hydrogens is 212 g/mol. The maximum atomic E-state index is 4.37. The molecule has 0 aliphatic rings. The molecule has 0 fully saturated rings. The summed E-state index contributed by atoms with van der Waals surface area (Å²) >= 11 is 0. The molecule has 0 bridgehead atoms. The van der Waals surface area contributed by atoms with E-state index in [-0.39, 0.29) is 0 Å². The minimum atomic E-state index is 0.363. The first-order valence-corrected chi connectivity index (χ1v) is 6.23. The van der Waals surface area contributed by atoms with Gasteiger partial charge in [0.05, 0.1) is 17.9 Å². The highest BCUT2D eigenvalue weighted by Gasteiger charge is 2.16. The molecule has 1 unspecified atom stereocenters. The number of aromatic nitrogens is 3. The Balaban J connectivity index is 2.34. The Morgan fingerprint density at radius 1 is 1.35 bits per heavy atom. The van der Waals surface area contributed by atoms with Crippen molar-refractivity contribution < 1.29 is 0 Å². The fourth-order valence-corrected chi connectivity index (χ4v) is 2.16. The van der Waals surface area contributed by atoms with Gasteiger partial charge < -0.3 is 5.32 Å². The lowest BCUT2D eigenvalue weighted by molar-refractivity contribution is 0.440. The van der Waals surface area contributed by atoms with Gasteiger partial charge >= 0.3 is 0 Å². The normalized spacial score (nSPS) is 13.4. The summed E-state index contributed by atoms with van der Waals surface area (Å²) in [6.07, 6.45) is 8.59. The van der Waals surface area contributed by atoms with Gasteiger partial charge in [-0.3, -0.25) is 4.98 Å². The van der Waals surface area contributed by atoms with Crippen LogP contribution in [0.3, 0.4) is 0 Å². The zero-order chi connectivity index (χ0) is 12.3. The number of hydrogen-bond donors (Lipinski definition) is 1. The van der Waals surface area contributed by atoms with Crippen molar-refractivity contribution in [2.45, 2.75) is 33.2 Å². The Kier molecular flexibility index (Phi) is 3.74. The molecule has 2 rings (SSSR count). The van der Waals surface area contributed by atoms with Crippen LogP contribution in [0.25, 0.3) is 5.52 Å². The molecule has 2 aromatic heterocycles. The molecule has 0 saturated carbocycles. The first kappa shape index (κ1) is 12.0. The molecule has 0 aliphatic heterocycles. The number of nitrogens with zero attached hydrogens (tertiary/aromatic N) is 3. The van der Waals surface area contributed by atoms with Crippen LogP contribution in [0.2, 0.25) is 0 Å². The number of hydrogen-bond acceptors (Lipinski definition) is 3. The molecule has 0 saturated heterocycles. The zero-order valence-corrected chi connectivity index (χ0v) is 10.7. The molecule has 1 N–H and O–H groups in total. The first-order chi connectivity index (χ1) is 8.22. The molecule has 17 heavy (non-hydrogen) atoms. The summed E-state index contributed by atoms with van der Waals surface area (Å²) in [7, 11) is 0. The van der Waals surface area contributed by atoms with Crippen LogP contribution in [0, 0.1) is 5.92 Å². The molecule has 4 heteroatoms. The number of fused-ring (bicyclic) bond motifs is 1. The zero-order valence-electron chi connectivity index (χ0n) is 10.7. The fraction of sp³-hybridized carbons (Fsp3) is 0.538. The van der Waals surface area contributed by atoms with Crippen molar-refractivity contribution in [1.29, 1.82) is 0 Å². The minimum absolute atomic E-state index is 0.363. The van der Waals surface area contributed by atoms with Crippen LogP contribution in [-0.2, 0) is 0 Å². The van der Waals surface area contributed by atoms with E-state index in [0.29, 0.717) is 12.0 Å². The second-order valence-corrected chi connectivity index (χ2v) is 4.75. The van der Waals surface area contributed by atoms with Gasteiger partial charge in [0, 0.05) is 24.0 Å². The quantitative estimate of drug-likeness (QED) is 0.861. The smallest absolute Gasteiger partial charge is 0.0892 e. The average Bonchev–Trinajstić information content (AvgIpc) is 2.71. The Labute approximate surface area is 102 Å². The van der Waals surface area contributed by atoms with E-state index in [2.05, 4.69) is 36.2 Å². The third-order valence-corrected chi connectivity index (χ3v) is 2.89. The third-order valence-electron chi connectivity index (χ3n) is 2.89. The summed E-state index contributed by atoms with van der Waals surface area (Å²) in [4.78, 5) is 4.18. The van der Waals surface area contributed by atoms with Gasteiger partial charge in [0.1, 0.15) is 0 Å². The van der Waals surface area contributed by atoms with Gasteiger partial charge in [-0.25, -0.2) is 4.52 Å². The summed E-state index contributed by atoms with van der Waals surface area (Å²) < 4.78 is 1.88. The maximum Gasteiger partial charge on any atom is 0.0892 e. The molecule has 2 heterocycles. The van der Waals surface area contributed by atoms with Crippen molar-refractivity contribution in [3.05, 3.63) is 30.4 Å². The molecule has 0 aliphatic carbocycles. The predicted molar refractivity (Wildman–Crippen MR) is 68.9 cm³/mol. The van der Waals surface area contributed by atoms with Gasteiger partial charge in [-0.15, -0.1) is 0 Å². The van der Waals surface area contributed by atoms with Crippen LogP contribution in [0.1, 0.15) is 38.8 Å². The van der Waals surface area contributed by atoms with Crippen LogP contribution in [-0.4, -0.2) is 21.1 Å². The van der Waals surface area contributed by atoms with Gasteiger partial charge in [0.25, 0.3) is 0 Å². The van der Waals surface area contributed by atoms with Gasteiger partial charge in [-0.05, 0) is 18.9 Å². The SMILES string of the molecule is CCNC(CC(C)C)c1cnn2ccncc12. The van der Waals surface area contributed by atoms with E-state index in [4.69, 9.17) is 0 Å². The molecule has 0 spiro atoms. The highest BCUT2D eigenvalue weighted by molar-refractivity contribution is 5.53. The van der Waals surface area contributed by atoms with Crippen LogP contribution in [0.5, 0.6) is 0 Å². The van der Waals surface area contributed by atoms with Crippen molar-refractivity contribution in [3.8, 4) is 0 Å². The summed E-state index contributed by atoms with van der Waals surface area (Å²) in [5.41, 5.74) is 2.34. The Bertz CT molecular complexity index is 475. The standard InChI is InChI=1S/C13H20N4/c1-4-15-12(7-10(2)3)11-8-16-17-6-5-14-9-13(11)17/h5-6,8-10,12,15H,4,7H2,1-3H3. The Hall–Kier alpha value is -1.42. The molecule has 0 radical (unpaired) electrons. The molecule has 2 aromatic rings. The summed E-state index contributed by atoms with van der Waals surface area (Å²) in [6.45, 7) is 7.59. The van der Waals surface area contributed by atoms with Crippen LogP contribution >= 0.6 is 0 Å². The fourth-order valence-electron chi connectivity index (χ4n) is 2.16. The minimum Gasteiger partial charge on any atom is -0.310 e. The topological polar surface area (TPSA) is 42.2 Å². The summed E-state index contributed by atoms with van der Waals surface area (Å²) in [5.74, 6) is 0.658. The van der Waals surface area contributed by atoms with E-state index in [1.165, 1.54) is 5.56 Å². The van der Waals surface area contributed by atoms with Crippen LogP contribution in [0.4, 0.5) is 0 Å². The average molecular weight is 232 g/mol. The lowest BCUT2D eigenvalue weighted by Gasteiger charge is -2.19. The van der Waals surface area contributed by atoms with E-state index in [1.807, 2.05) is 23.1 Å². The molecule has 1 atom stereocenters. The lowest BCUT2D eigenvalue weighted by Crippen LogP contribution is -2.22. The molecular formula is C13H20N4. The number of nitrogens with one attached hydrogen (secondary N) is 1. The highest BCUT2D eigenvalue weighted by Crippen LogP contribution is 2.24. The Morgan fingerprint density at radius 3 is 2.88 bits per heavy atom. The summed E-state index contributed by atoms with van der Waals surface area (Å²) in [5, 5.41) is 7.89. The largest absolute Gasteiger partial charge is 0.310 e. The van der Waals surface area contributed by atoms with E-state index < -0.39 is 0 Å². The number of rotatable bonds is 5. The monoisotopic (exact) mass is 232 g/mol. The second-order valence-electron chi connectivity index (χ2n) is 4.75.